The summed E-state index contributed by atoms with van der Waals surface area (Å²) in [6, 6.07) is 6.27. The Morgan fingerprint density at radius 1 is 1.17 bits per heavy atom. The number of aromatic nitrogens is 3. The molecule has 0 bridgehead atoms. The van der Waals surface area contributed by atoms with E-state index in [2.05, 4.69) is 55.3 Å². The molecule has 0 aliphatic carbocycles. The number of halogens is 1. The molecule has 2 aromatic heterocycles. The Morgan fingerprint density at radius 3 is 2.71 bits per heavy atom. The SMILES string of the molecule is Cc1cnc(C(=O)Nc2ncc(Cc3ccc(Br)c(C)c3)s2)cn1. The van der Waals surface area contributed by atoms with E-state index in [1.165, 1.54) is 28.7 Å². The van der Waals surface area contributed by atoms with E-state index in [-0.39, 0.29) is 11.6 Å². The van der Waals surface area contributed by atoms with Crippen molar-refractivity contribution in [2.75, 3.05) is 5.32 Å². The van der Waals surface area contributed by atoms with Crippen molar-refractivity contribution < 1.29 is 4.79 Å². The van der Waals surface area contributed by atoms with Crippen LogP contribution in [0.3, 0.4) is 0 Å². The molecule has 0 aliphatic heterocycles. The van der Waals surface area contributed by atoms with Crippen LogP contribution >= 0.6 is 27.3 Å². The van der Waals surface area contributed by atoms with Crippen molar-refractivity contribution in [1.29, 1.82) is 0 Å². The third-order valence-corrected chi connectivity index (χ3v) is 5.19. The van der Waals surface area contributed by atoms with Crippen LogP contribution in [0.25, 0.3) is 0 Å². The molecule has 0 atom stereocenters. The summed E-state index contributed by atoms with van der Waals surface area (Å²) in [5.74, 6) is -0.303. The maximum atomic E-state index is 12.1. The summed E-state index contributed by atoms with van der Waals surface area (Å²) in [4.78, 5) is 25.6. The zero-order valence-electron chi connectivity index (χ0n) is 13.2. The predicted octanol–water partition coefficient (Wildman–Crippen LogP) is 4.16. The summed E-state index contributed by atoms with van der Waals surface area (Å²) in [5, 5.41) is 3.32. The van der Waals surface area contributed by atoms with Crippen LogP contribution in [0.1, 0.15) is 32.2 Å². The number of amides is 1. The first-order chi connectivity index (χ1) is 11.5. The highest BCUT2D eigenvalue weighted by atomic mass is 79.9. The fourth-order valence-electron chi connectivity index (χ4n) is 2.14. The maximum Gasteiger partial charge on any atom is 0.277 e. The predicted molar refractivity (Wildman–Crippen MR) is 98.5 cm³/mol. The maximum absolute atomic E-state index is 12.1. The molecule has 0 saturated carbocycles. The molecule has 2 heterocycles. The molecule has 1 amide bonds. The first kappa shape index (κ1) is 16.7. The number of carbonyl (C=O) groups excluding carboxylic acids is 1. The number of thiazole rings is 1. The lowest BCUT2D eigenvalue weighted by Gasteiger charge is -2.02. The van der Waals surface area contributed by atoms with Gasteiger partial charge in [0.05, 0.1) is 11.9 Å². The smallest absolute Gasteiger partial charge is 0.277 e. The van der Waals surface area contributed by atoms with Crippen LogP contribution in [0, 0.1) is 13.8 Å². The summed E-state index contributed by atoms with van der Waals surface area (Å²) in [6.07, 6.45) is 5.60. The Balaban J connectivity index is 1.67. The molecule has 0 radical (unpaired) electrons. The Kier molecular flexibility index (Phi) is 5.01. The average molecular weight is 403 g/mol. The monoisotopic (exact) mass is 402 g/mol. The van der Waals surface area contributed by atoms with Gasteiger partial charge in [-0.05, 0) is 31.0 Å². The van der Waals surface area contributed by atoms with Crippen molar-refractivity contribution in [1.82, 2.24) is 15.0 Å². The Labute approximate surface area is 152 Å². The molecule has 0 aliphatic rings. The molecular formula is C17H15BrN4OS. The Morgan fingerprint density at radius 2 is 2.00 bits per heavy atom. The molecule has 0 spiro atoms. The van der Waals surface area contributed by atoms with Crippen LogP contribution in [0.2, 0.25) is 0 Å². The number of benzene rings is 1. The van der Waals surface area contributed by atoms with Crippen molar-refractivity contribution in [3.05, 3.63) is 68.7 Å². The van der Waals surface area contributed by atoms with E-state index < -0.39 is 0 Å². The van der Waals surface area contributed by atoms with Gasteiger partial charge in [-0.1, -0.05) is 28.1 Å². The van der Waals surface area contributed by atoms with Gasteiger partial charge in [0.15, 0.2) is 5.13 Å². The van der Waals surface area contributed by atoms with Gasteiger partial charge in [-0.25, -0.2) is 9.97 Å². The number of hydrogen-bond acceptors (Lipinski definition) is 5. The lowest BCUT2D eigenvalue weighted by molar-refractivity contribution is 0.102. The molecular weight excluding hydrogens is 388 g/mol. The molecule has 1 aromatic carbocycles. The number of nitrogens with one attached hydrogen (secondary N) is 1. The molecule has 1 N–H and O–H groups in total. The number of rotatable bonds is 4. The van der Waals surface area contributed by atoms with Gasteiger partial charge in [0.1, 0.15) is 5.69 Å². The first-order valence-corrected chi connectivity index (χ1v) is 8.92. The summed E-state index contributed by atoms with van der Waals surface area (Å²) in [7, 11) is 0. The quantitative estimate of drug-likeness (QED) is 0.711. The van der Waals surface area contributed by atoms with E-state index in [1.54, 1.807) is 12.4 Å². The molecule has 3 aromatic rings. The van der Waals surface area contributed by atoms with E-state index in [1.807, 2.05) is 13.0 Å². The van der Waals surface area contributed by atoms with Gasteiger partial charge in [0.2, 0.25) is 0 Å². The normalized spacial score (nSPS) is 10.6. The number of anilines is 1. The molecule has 0 fully saturated rings. The zero-order valence-corrected chi connectivity index (χ0v) is 15.6. The zero-order chi connectivity index (χ0) is 17.1. The van der Waals surface area contributed by atoms with Crippen LogP contribution < -0.4 is 5.32 Å². The fourth-order valence-corrected chi connectivity index (χ4v) is 3.22. The molecule has 0 saturated heterocycles. The molecule has 24 heavy (non-hydrogen) atoms. The highest BCUT2D eigenvalue weighted by Gasteiger charge is 2.11. The minimum Gasteiger partial charge on any atom is -0.296 e. The highest BCUT2D eigenvalue weighted by molar-refractivity contribution is 9.10. The Bertz CT molecular complexity index is 877. The van der Waals surface area contributed by atoms with Gasteiger partial charge in [-0.15, -0.1) is 11.3 Å². The highest BCUT2D eigenvalue weighted by Crippen LogP contribution is 2.24. The van der Waals surface area contributed by atoms with E-state index in [9.17, 15) is 4.79 Å². The minimum atomic E-state index is -0.303. The van der Waals surface area contributed by atoms with Crippen molar-refractivity contribution in [3.63, 3.8) is 0 Å². The van der Waals surface area contributed by atoms with Crippen molar-refractivity contribution in [2.45, 2.75) is 20.3 Å². The minimum absolute atomic E-state index is 0.279. The van der Waals surface area contributed by atoms with Crippen LogP contribution in [0.15, 0.2) is 41.3 Å². The van der Waals surface area contributed by atoms with Crippen LogP contribution in [0.5, 0.6) is 0 Å². The van der Waals surface area contributed by atoms with E-state index >= 15 is 0 Å². The topological polar surface area (TPSA) is 67.8 Å². The fraction of sp³-hybridized carbons (Fsp3) is 0.176. The van der Waals surface area contributed by atoms with Gasteiger partial charge >= 0.3 is 0 Å². The van der Waals surface area contributed by atoms with Crippen LogP contribution in [-0.2, 0) is 6.42 Å². The summed E-state index contributed by atoms with van der Waals surface area (Å²) < 4.78 is 1.10. The number of carbonyl (C=O) groups is 1. The number of aryl methyl sites for hydroxylation is 2. The number of nitrogens with zero attached hydrogens (tertiary/aromatic N) is 3. The van der Waals surface area contributed by atoms with Crippen molar-refractivity contribution in [2.24, 2.45) is 0 Å². The molecule has 5 nitrogen and oxygen atoms in total. The molecule has 7 heteroatoms. The number of hydrogen-bond donors (Lipinski definition) is 1. The lowest BCUT2D eigenvalue weighted by Crippen LogP contribution is -2.13. The van der Waals surface area contributed by atoms with Crippen molar-refractivity contribution in [3.8, 4) is 0 Å². The van der Waals surface area contributed by atoms with Gasteiger partial charge < -0.3 is 0 Å². The summed E-state index contributed by atoms with van der Waals surface area (Å²) in [6.45, 7) is 3.89. The van der Waals surface area contributed by atoms with Crippen LogP contribution in [-0.4, -0.2) is 20.9 Å². The molecule has 3 rings (SSSR count). The van der Waals surface area contributed by atoms with Gasteiger partial charge in [0, 0.05) is 28.2 Å². The summed E-state index contributed by atoms with van der Waals surface area (Å²) >= 11 is 4.97. The van der Waals surface area contributed by atoms with Gasteiger partial charge in [-0.3, -0.25) is 15.1 Å². The standard InChI is InChI=1S/C17H15BrN4OS/c1-10-5-12(3-4-14(10)18)6-13-8-21-17(24-13)22-16(23)15-9-19-11(2)7-20-15/h3-5,7-9H,6H2,1-2H3,(H,21,22,23). The van der Waals surface area contributed by atoms with Crippen molar-refractivity contribution >= 4 is 38.3 Å². The van der Waals surface area contributed by atoms with E-state index in [4.69, 9.17) is 0 Å². The third kappa shape index (κ3) is 4.04. The van der Waals surface area contributed by atoms with Gasteiger partial charge in [-0.2, -0.15) is 0 Å². The second-order valence-corrected chi connectivity index (χ2v) is 7.36. The van der Waals surface area contributed by atoms with E-state index in [0.29, 0.717) is 5.13 Å². The van der Waals surface area contributed by atoms with E-state index in [0.717, 1.165) is 21.5 Å². The third-order valence-electron chi connectivity index (χ3n) is 3.39. The Hall–Kier alpha value is -2.12. The molecule has 0 unspecified atom stereocenters. The summed E-state index contributed by atoms with van der Waals surface area (Å²) in [5.41, 5.74) is 3.46. The second kappa shape index (κ2) is 7.19. The first-order valence-electron chi connectivity index (χ1n) is 7.31. The lowest BCUT2D eigenvalue weighted by atomic mass is 10.1. The average Bonchev–Trinajstić information content (AvgIpc) is 2.98. The van der Waals surface area contributed by atoms with Gasteiger partial charge in [0.25, 0.3) is 5.91 Å². The largest absolute Gasteiger partial charge is 0.296 e. The molecule has 122 valence electrons. The van der Waals surface area contributed by atoms with Crippen LogP contribution in [0.4, 0.5) is 5.13 Å². The second-order valence-electron chi connectivity index (χ2n) is 5.39.